The number of unbranched alkanes of at least 4 members (excludes halogenated alkanes) is 8. The number of carbonyl (C=O) groups excluding carboxylic acids is 1. The molecule has 1 aromatic rings. The Bertz CT molecular complexity index is 625. The van der Waals surface area contributed by atoms with E-state index < -0.39 is 18.4 Å². The van der Waals surface area contributed by atoms with Crippen molar-refractivity contribution in [3.8, 4) is 0 Å². The second-order valence-corrected chi connectivity index (χ2v) is 26.3. The topological polar surface area (TPSA) is 26.3 Å². The normalized spacial score (nSPS) is 11.5. The van der Waals surface area contributed by atoms with Gasteiger partial charge in [-0.15, -0.1) is 0 Å². The Morgan fingerprint density at radius 3 is 1.88 bits per heavy atom. The molecule has 0 N–H and O–H groups in total. The van der Waals surface area contributed by atoms with E-state index in [2.05, 4.69) is 57.7 Å². The van der Waals surface area contributed by atoms with Crippen LogP contribution >= 0.6 is 0 Å². The molecule has 0 aliphatic carbocycles. The molecule has 0 aromatic heterocycles. The molecule has 0 heterocycles. The summed E-state index contributed by atoms with van der Waals surface area (Å²) in [6.45, 7) is 11.7. The third-order valence-corrected chi connectivity index (χ3v) is 24.6. The van der Waals surface area contributed by atoms with Gasteiger partial charge in [-0.05, 0) is 0 Å². The van der Waals surface area contributed by atoms with Gasteiger partial charge in [-0.2, -0.15) is 0 Å². The maximum atomic E-state index is 12.7. The Kier molecular flexibility index (Phi) is 19.5. The molecule has 1 aromatic carbocycles. The molecule has 2 nitrogen and oxygen atoms in total. The summed E-state index contributed by atoms with van der Waals surface area (Å²) in [6, 6.07) is 10.9. The quantitative estimate of drug-likeness (QED) is 0.0548. The molecule has 0 bridgehead atoms. The summed E-state index contributed by atoms with van der Waals surface area (Å²) >= 11 is -1.73. The molecule has 0 aliphatic rings. The molecule has 1 rings (SSSR count). The van der Waals surface area contributed by atoms with E-state index in [1.165, 1.54) is 87.3 Å². The van der Waals surface area contributed by atoms with Crippen LogP contribution in [0.5, 0.6) is 0 Å². The molecular formula is C30H52O2SeSn. The van der Waals surface area contributed by atoms with E-state index in [4.69, 9.17) is 4.74 Å². The van der Waals surface area contributed by atoms with Gasteiger partial charge < -0.3 is 0 Å². The third-order valence-electron chi connectivity index (χ3n) is 6.84. The van der Waals surface area contributed by atoms with Crippen molar-refractivity contribution in [3.63, 3.8) is 0 Å². The zero-order chi connectivity index (χ0) is 24.9. The number of ether oxygens (including phenoxy) is 1. The molecule has 0 radical (unpaired) electrons. The summed E-state index contributed by atoms with van der Waals surface area (Å²) in [6.07, 6.45) is 15.2. The summed E-state index contributed by atoms with van der Waals surface area (Å²) in [7, 11) is 0. The first kappa shape index (κ1) is 31.8. The number of hydrogen-bond acceptors (Lipinski definition) is 2. The zero-order valence-corrected chi connectivity index (χ0v) is 27.1. The van der Waals surface area contributed by atoms with Crippen molar-refractivity contribution >= 4 is 43.8 Å². The van der Waals surface area contributed by atoms with Crippen LogP contribution in [0.25, 0.3) is 0 Å². The van der Waals surface area contributed by atoms with Crippen LogP contribution in [0.15, 0.2) is 42.5 Å². The standard InChI is InChI=1S/C18H25O2Se.3C4H9.Sn/c1-16(2)18(19)20-14-10-5-3-4-6-11-15-21-17-12-8-7-9-13-17;3*1-3-4-2;/h7-9,12-13H,1-6,10-11,14-15H2;3*1,3-4H2,2H3;. The zero-order valence-electron chi connectivity index (χ0n) is 22.5. The Hall–Kier alpha value is -0.252. The van der Waals surface area contributed by atoms with Crippen LogP contribution in [-0.4, -0.2) is 45.9 Å². The van der Waals surface area contributed by atoms with Crippen LogP contribution in [0, 0.1) is 0 Å². The summed E-state index contributed by atoms with van der Waals surface area (Å²) in [5.74, 6) is -0.103. The fraction of sp³-hybridized carbons (Fsp3) is 0.700. The number of carbonyl (C=O) groups is 1. The van der Waals surface area contributed by atoms with Crippen molar-refractivity contribution in [1.82, 2.24) is 0 Å². The van der Waals surface area contributed by atoms with Crippen molar-refractivity contribution in [3.05, 3.63) is 42.5 Å². The van der Waals surface area contributed by atoms with E-state index in [1.807, 2.05) is 0 Å². The Morgan fingerprint density at radius 2 is 1.32 bits per heavy atom. The predicted molar refractivity (Wildman–Crippen MR) is 154 cm³/mol. The van der Waals surface area contributed by atoms with Crippen LogP contribution in [0.1, 0.15) is 97.8 Å². The van der Waals surface area contributed by atoms with E-state index >= 15 is 0 Å². The van der Waals surface area contributed by atoms with Crippen LogP contribution < -0.4 is 4.46 Å². The van der Waals surface area contributed by atoms with E-state index in [9.17, 15) is 4.79 Å². The minimum absolute atomic E-state index is 0.103. The van der Waals surface area contributed by atoms with Crippen molar-refractivity contribution < 1.29 is 9.53 Å². The van der Waals surface area contributed by atoms with Crippen LogP contribution in [0.3, 0.4) is 0 Å². The monoisotopic (exact) mass is 644 g/mol. The Morgan fingerprint density at radius 1 is 0.794 bits per heavy atom. The molecule has 0 saturated carbocycles. The van der Waals surface area contributed by atoms with Crippen molar-refractivity contribution in [1.29, 1.82) is 0 Å². The Balaban J connectivity index is 2.23. The first-order valence-corrected chi connectivity index (χ1v) is 24.2. The van der Waals surface area contributed by atoms with E-state index in [0.717, 1.165) is 22.9 Å². The SMILES string of the molecule is C=C([CH2][Sn]([CH2]CCC)([CH2]CCC)[CH2]CCC)C(=O)OCCCCCCCC[Se]c1ccccc1. The number of esters is 1. The van der Waals surface area contributed by atoms with Crippen molar-refractivity contribution in [2.45, 2.75) is 121 Å². The number of rotatable bonds is 22. The molecule has 0 fully saturated rings. The first-order chi connectivity index (χ1) is 16.6. The van der Waals surface area contributed by atoms with Crippen LogP contribution in [0.4, 0.5) is 0 Å². The molecule has 0 spiro atoms. The Labute approximate surface area is 222 Å². The average molecular weight is 642 g/mol. The van der Waals surface area contributed by atoms with Gasteiger partial charge in [-0.25, -0.2) is 0 Å². The van der Waals surface area contributed by atoms with Crippen molar-refractivity contribution in [2.24, 2.45) is 0 Å². The number of benzene rings is 1. The second kappa shape index (κ2) is 20.9. The predicted octanol–water partition coefficient (Wildman–Crippen LogP) is 8.72. The van der Waals surface area contributed by atoms with Crippen molar-refractivity contribution in [2.75, 3.05) is 6.61 Å². The summed E-state index contributed by atoms with van der Waals surface area (Å²) in [5.41, 5.74) is 0.791. The molecule has 0 unspecified atom stereocenters. The van der Waals surface area contributed by atoms with E-state index in [0.29, 0.717) is 21.6 Å². The van der Waals surface area contributed by atoms with Gasteiger partial charge in [0, 0.05) is 0 Å². The third kappa shape index (κ3) is 15.0. The van der Waals surface area contributed by atoms with Gasteiger partial charge in [0.05, 0.1) is 0 Å². The van der Waals surface area contributed by atoms with E-state index in [1.54, 1.807) is 0 Å². The second-order valence-electron chi connectivity index (χ2n) is 10.0. The molecule has 0 amide bonds. The van der Waals surface area contributed by atoms with Gasteiger partial charge in [0.2, 0.25) is 0 Å². The van der Waals surface area contributed by atoms with Crippen LogP contribution in [-0.2, 0) is 9.53 Å². The fourth-order valence-corrected chi connectivity index (χ4v) is 22.8. The number of hydrogen-bond donors (Lipinski definition) is 0. The van der Waals surface area contributed by atoms with Gasteiger partial charge in [-0.3, -0.25) is 0 Å². The molecule has 0 aliphatic heterocycles. The molecule has 0 atom stereocenters. The summed E-state index contributed by atoms with van der Waals surface area (Å²) in [5, 5.41) is 1.35. The van der Waals surface area contributed by atoms with Gasteiger partial charge in [-0.1, -0.05) is 0 Å². The molecule has 34 heavy (non-hydrogen) atoms. The van der Waals surface area contributed by atoms with Gasteiger partial charge in [0.25, 0.3) is 0 Å². The molecule has 194 valence electrons. The summed E-state index contributed by atoms with van der Waals surface area (Å²) < 4.78 is 12.5. The fourth-order valence-electron chi connectivity index (χ4n) is 4.71. The molecule has 4 heteroatoms. The molecule has 0 saturated heterocycles. The van der Waals surface area contributed by atoms with E-state index in [-0.39, 0.29) is 5.97 Å². The average Bonchev–Trinajstić information content (AvgIpc) is 2.86. The summed E-state index contributed by atoms with van der Waals surface area (Å²) in [4.78, 5) is 12.7. The van der Waals surface area contributed by atoms with Crippen LogP contribution in [0.2, 0.25) is 23.1 Å². The first-order valence-electron chi connectivity index (χ1n) is 14.1. The minimum atomic E-state index is -2.36. The van der Waals surface area contributed by atoms with Gasteiger partial charge in [0.15, 0.2) is 0 Å². The van der Waals surface area contributed by atoms with Gasteiger partial charge >= 0.3 is 223 Å². The molecular weight excluding hydrogens is 590 g/mol. The maximum absolute atomic E-state index is 12.7. The van der Waals surface area contributed by atoms with Gasteiger partial charge in [0.1, 0.15) is 0 Å².